The highest BCUT2D eigenvalue weighted by molar-refractivity contribution is 5.88. The van der Waals surface area contributed by atoms with Gasteiger partial charge in [0.25, 0.3) is 0 Å². The van der Waals surface area contributed by atoms with E-state index < -0.39 is 0 Å². The van der Waals surface area contributed by atoms with Crippen molar-refractivity contribution in [1.29, 1.82) is 0 Å². The van der Waals surface area contributed by atoms with E-state index in [-0.39, 0.29) is 5.91 Å². The SMILES string of the molecule is CCNc1nccn1-c1ccc(NC(C)=O)cc1. The summed E-state index contributed by atoms with van der Waals surface area (Å²) in [5, 5.41) is 5.92. The predicted molar refractivity (Wildman–Crippen MR) is 72.0 cm³/mol. The quantitative estimate of drug-likeness (QED) is 0.867. The van der Waals surface area contributed by atoms with Crippen LogP contribution in [0.1, 0.15) is 13.8 Å². The summed E-state index contributed by atoms with van der Waals surface area (Å²) >= 11 is 0. The number of benzene rings is 1. The molecule has 0 aliphatic rings. The van der Waals surface area contributed by atoms with E-state index in [4.69, 9.17) is 0 Å². The molecule has 0 saturated carbocycles. The minimum Gasteiger partial charge on any atom is -0.356 e. The second-order valence-electron chi connectivity index (χ2n) is 3.88. The van der Waals surface area contributed by atoms with Crippen LogP contribution in [0.5, 0.6) is 0 Å². The Morgan fingerprint density at radius 3 is 2.67 bits per heavy atom. The predicted octanol–water partition coefficient (Wildman–Crippen LogP) is 2.26. The Hall–Kier alpha value is -2.30. The van der Waals surface area contributed by atoms with Gasteiger partial charge >= 0.3 is 0 Å². The van der Waals surface area contributed by atoms with Gasteiger partial charge in [0.2, 0.25) is 11.9 Å². The van der Waals surface area contributed by atoms with Gasteiger partial charge < -0.3 is 10.6 Å². The molecule has 0 bridgehead atoms. The van der Waals surface area contributed by atoms with Crippen molar-refractivity contribution in [2.75, 3.05) is 17.2 Å². The summed E-state index contributed by atoms with van der Waals surface area (Å²) in [6, 6.07) is 7.61. The van der Waals surface area contributed by atoms with Gasteiger partial charge in [-0.1, -0.05) is 0 Å². The standard InChI is InChI=1S/C13H16N4O/c1-3-14-13-15-8-9-17(13)12-6-4-11(5-7-12)16-10(2)18/h4-9H,3H2,1-2H3,(H,14,15)(H,16,18). The molecule has 0 aliphatic carbocycles. The molecule has 1 aromatic carbocycles. The van der Waals surface area contributed by atoms with Crippen LogP contribution in [0, 0.1) is 0 Å². The first kappa shape index (κ1) is 12.2. The summed E-state index contributed by atoms with van der Waals surface area (Å²) in [5.74, 6) is 0.739. The van der Waals surface area contributed by atoms with Gasteiger partial charge in [0.05, 0.1) is 0 Å². The maximum Gasteiger partial charge on any atom is 0.221 e. The van der Waals surface area contributed by atoms with Crippen molar-refractivity contribution >= 4 is 17.5 Å². The van der Waals surface area contributed by atoms with Crippen molar-refractivity contribution in [2.24, 2.45) is 0 Å². The van der Waals surface area contributed by atoms with E-state index in [1.165, 1.54) is 6.92 Å². The Labute approximate surface area is 106 Å². The first-order valence-electron chi connectivity index (χ1n) is 5.86. The molecule has 0 radical (unpaired) electrons. The van der Waals surface area contributed by atoms with Gasteiger partial charge in [0.1, 0.15) is 0 Å². The number of carbonyl (C=O) groups is 1. The number of aromatic nitrogens is 2. The molecule has 0 unspecified atom stereocenters. The number of carbonyl (C=O) groups excluding carboxylic acids is 1. The molecule has 0 aliphatic heterocycles. The molecule has 18 heavy (non-hydrogen) atoms. The summed E-state index contributed by atoms with van der Waals surface area (Å²) in [7, 11) is 0. The van der Waals surface area contributed by atoms with Gasteiger partial charge in [0, 0.05) is 37.2 Å². The molecule has 1 aromatic heterocycles. The molecule has 5 heteroatoms. The molecule has 0 atom stereocenters. The van der Waals surface area contributed by atoms with Crippen LogP contribution in [-0.2, 0) is 4.79 Å². The number of amides is 1. The number of hydrogen-bond acceptors (Lipinski definition) is 3. The van der Waals surface area contributed by atoms with Crippen molar-refractivity contribution in [1.82, 2.24) is 9.55 Å². The number of nitrogens with one attached hydrogen (secondary N) is 2. The van der Waals surface area contributed by atoms with E-state index in [1.54, 1.807) is 6.20 Å². The molecule has 0 fully saturated rings. The topological polar surface area (TPSA) is 59.0 Å². The van der Waals surface area contributed by atoms with E-state index in [1.807, 2.05) is 42.0 Å². The van der Waals surface area contributed by atoms with Gasteiger partial charge in [-0.15, -0.1) is 0 Å². The van der Waals surface area contributed by atoms with Crippen molar-refractivity contribution in [2.45, 2.75) is 13.8 Å². The highest BCUT2D eigenvalue weighted by Gasteiger charge is 2.03. The molecule has 1 amide bonds. The van der Waals surface area contributed by atoms with Crippen LogP contribution in [-0.4, -0.2) is 22.0 Å². The van der Waals surface area contributed by atoms with Crippen LogP contribution in [0.3, 0.4) is 0 Å². The summed E-state index contributed by atoms with van der Waals surface area (Å²) in [6.45, 7) is 4.34. The first-order chi connectivity index (χ1) is 8.70. The smallest absolute Gasteiger partial charge is 0.221 e. The Bertz CT molecular complexity index is 530. The Morgan fingerprint density at radius 1 is 1.33 bits per heavy atom. The zero-order valence-electron chi connectivity index (χ0n) is 10.5. The molecule has 2 aromatic rings. The van der Waals surface area contributed by atoms with Crippen LogP contribution < -0.4 is 10.6 Å². The van der Waals surface area contributed by atoms with Crippen molar-refractivity contribution < 1.29 is 4.79 Å². The second-order valence-corrected chi connectivity index (χ2v) is 3.88. The van der Waals surface area contributed by atoms with E-state index in [0.717, 1.165) is 23.9 Å². The maximum atomic E-state index is 10.9. The minimum absolute atomic E-state index is 0.0706. The van der Waals surface area contributed by atoms with E-state index in [9.17, 15) is 4.79 Å². The fourth-order valence-electron chi connectivity index (χ4n) is 1.71. The lowest BCUT2D eigenvalue weighted by atomic mass is 10.2. The number of hydrogen-bond donors (Lipinski definition) is 2. The van der Waals surface area contributed by atoms with Gasteiger partial charge in [-0.05, 0) is 31.2 Å². The van der Waals surface area contributed by atoms with Crippen LogP contribution in [0.25, 0.3) is 5.69 Å². The van der Waals surface area contributed by atoms with Gasteiger partial charge in [0.15, 0.2) is 0 Å². The molecule has 0 spiro atoms. The van der Waals surface area contributed by atoms with E-state index >= 15 is 0 Å². The van der Waals surface area contributed by atoms with Gasteiger partial charge in [-0.2, -0.15) is 0 Å². The minimum atomic E-state index is -0.0706. The van der Waals surface area contributed by atoms with Crippen LogP contribution in [0.4, 0.5) is 11.6 Å². The summed E-state index contributed by atoms with van der Waals surface area (Å²) in [4.78, 5) is 15.2. The highest BCUT2D eigenvalue weighted by Crippen LogP contribution is 2.17. The lowest BCUT2D eigenvalue weighted by molar-refractivity contribution is -0.114. The third-order valence-electron chi connectivity index (χ3n) is 2.44. The Balaban J connectivity index is 2.23. The largest absolute Gasteiger partial charge is 0.356 e. The number of imidazole rings is 1. The van der Waals surface area contributed by atoms with Crippen molar-refractivity contribution in [3.05, 3.63) is 36.7 Å². The van der Waals surface area contributed by atoms with Crippen molar-refractivity contribution in [3.8, 4) is 5.69 Å². The Kier molecular flexibility index (Phi) is 3.62. The van der Waals surface area contributed by atoms with Crippen LogP contribution >= 0.6 is 0 Å². The molecule has 1 heterocycles. The summed E-state index contributed by atoms with van der Waals surface area (Å²) in [5.41, 5.74) is 1.79. The second kappa shape index (κ2) is 5.35. The fourth-order valence-corrected chi connectivity index (χ4v) is 1.71. The average molecular weight is 244 g/mol. The summed E-state index contributed by atoms with van der Waals surface area (Å²) < 4.78 is 1.96. The van der Waals surface area contributed by atoms with Crippen LogP contribution in [0.2, 0.25) is 0 Å². The lowest BCUT2D eigenvalue weighted by Crippen LogP contribution is -2.07. The van der Waals surface area contributed by atoms with Crippen molar-refractivity contribution in [3.63, 3.8) is 0 Å². The average Bonchev–Trinajstić information content (AvgIpc) is 2.78. The number of nitrogens with zero attached hydrogens (tertiary/aromatic N) is 2. The molecule has 2 rings (SSSR count). The third-order valence-corrected chi connectivity index (χ3v) is 2.44. The zero-order chi connectivity index (χ0) is 13.0. The number of anilines is 2. The molecular formula is C13H16N4O. The molecule has 2 N–H and O–H groups in total. The maximum absolute atomic E-state index is 10.9. The normalized spacial score (nSPS) is 10.1. The Morgan fingerprint density at radius 2 is 2.06 bits per heavy atom. The molecule has 5 nitrogen and oxygen atoms in total. The van der Waals surface area contributed by atoms with E-state index in [2.05, 4.69) is 15.6 Å². The van der Waals surface area contributed by atoms with Gasteiger partial charge in [-0.25, -0.2) is 4.98 Å². The lowest BCUT2D eigenvalue weighted by Gasteiger charge is -2.09. The monoisotopic (exact) mass is 244 g/mol. The number of rotatable bonds is 4. The van der Waals surface area contributed by atoms with Crippen LogP contribution in [0.15, 0.2) is 36.7 Å². The van der Waals surface area contributed by atoms with Gasteiger partial charge in [-0.3, -0.25) is 9.36 Å². The van der Waals surface area contributed by atoms with E-state index in [0.29, 0.717) is 0 Å². The fraction of sp³-hybridized carbons (Fsp3) is 0.231. The third kappa shape index (κ3) is 2.68. The zero-order valence-corrected chi connectivity index (χ0v) is 10.5. The molecular weight excluding hydrogens is 228 g/mol. The summed E-state index contributed by atoms with van der Waals surface area (Å²) in [6.07, 6.45) is 3.64. The molecule has 94 valence electrons. The molecule has 0 saturated heterocycles. The first-order valence-corrected chi connectivity index (χ1v) is 5.86. The highest BCUT2D eigenvalue weighted by atomic mass is 16.1.